The Bertz CT molecular complexity index is 1550. The molecule has 0 amide bonds. The van der Waals surface area contributed by atoms with Crippen molar-refractivity contribution in [3.63, 3.8) is 0 Å². The van der Waals surface area contributed by atoms with Gasteiger partial charge in [0.05, 0.1) is 22.0 Å². The number of hydrogen-bond donors (Lipinski definition) is 2. The molecule has 0 saturated heterocycles. The molecule has 0 atom stereocenters. The summed E-state index contributed by atoms with van der Waals surface area (Å²) < 4.78 is 76.3. The number of nitrogens with two attached hydrogens (primary N) is 1. The zero-order valence-corrected chi connectivity index (χ0v) is 18.4. The fourth-order valence-corrected chi connectivity index (χ4v) is 3.98. The van der Waals surface area contributed by atoms with Crippen molar-refractivity contribution in [1.29, 1.82) is 0 Å². The maximum absolute atomic E-state index is 12.9. The minimum absolute atomic E-state index is 0.0863. The molecule has 2 heterocycles. The molecule has 0 unspecified atom stereocenters. The molecule has 2 aromatic heterocycles. The van der Waals surface area contributed by atoms with Crippen LogP contribution in [0.4, 0.5) is 5.82 Å². The van der Waals surface area contributed by atoms with Crippen molar-refractivity contribution in [1.82, 2.24) is 20.4 Å². The summed E-state index contributed by atoms with van der Waals surface area (Å²) in [5.74, 6) is 0.358. The van der Waals surface area contributed by atoms with Crippen LogP contribution < -0.4 is 11.1 Å². The third kappa shape index (κ3) is 4.64. The van der Waals surface area contributed by atoms with Gasteiger partial charge in [-0.3, -0.25) is 0 Å². The second kappa shape index (κ2) is 9.13. The highest BCUT2D eigenvalue weighted by atomic mass is 32.2. The number of aromatic nitrogens is 3. The van der Waals surface area contributed by atoms with Crippen molar-refractivity contribution >= 4 is 15.7 Å². The highest BCUT2D eigenvalue weighted by Crippen LogP contribution is 2.30. The predicted molar refractivity (Wildman–Crippen MR) is 128 cm³/mol. The van der Waals surface area contributed by atoms with Crippen LogP contribution in [-0.4, -0.2) is 35.8 Å². The lowest BCUT2D eigenvalue weighted by Gasteiger charge is -2.09. The Balaban J connectivity index is 1.64. The van der Waals surface area contributed by atoms with E-state index in [1.54, 1.807) is 6.07 Å². The van der Waals surface area contributed by atoms with Crippen LogP contribution in [0.2, 0.25) is 0 Å². The highest BCUT2D eigenvalue weighted by Gasteiger charge is 2.20. The van der Waals surface area contributed by atoms with Crippen LogP contribution in [-0.2, 0) is 16.4 Å². The van der Waals surface area contributed by atoms with E-state index in [-0.39, 0.29) is 17.3 Å². The molecule has 0 radical (unpaired) electrons. The van der Waals surface area contributed by atoms with Gasteiger partial charge < -0.3 is 15.6 Å². The van der Waals surface area contributed by atoms with E-state index in [4.69, 9.17) is 18.5 Å². The molecule has 8 nitrogen and oxygen atoms in total. The Morgan fingerprint density at radius 2 is 1.73 bits per heavy atom. The zero-order chi connectivity index (χ0) is 28.6. The third-order valence-corrected chi connectivity index (χ3v) is 6.51. The first-order valence-electron chi connectivity index (χ1n) is 12.9. The molecule has 0 aliphatic rings. The fourth-order valence-electron chi connectivity index (χ4n) is 3.19. The van der Waals surface area contributed by atoms with Gasteiger partial charge in [-0.05, 0) is 38.4 Å². The van der Waals surface area contributed by atoms with E-state index in [0.717, 1.165) is 29.8 Å². The van der Waals surface area contributed by atoms with Crippen molar-refractivity contribution in [2.45, 2.75) is 30.4 Å². The summed E-state index contributed by atoms with van der Waals surface area (Å²) in [6.45, 7) is -5.76. The van der Waals surface area contributed by atoms with Gasteiger partial charge in [0.15, 0.2) is 27.1 Å². The van der Waals surface area contributed by atoms with E-state index >= 15 is 0 Å². The molecule has 0 saturated carbocycles. The van der Waals surface area contributed by atoms with E-state index in [1.807, 2.05) is 31.3 Å². The Labute approximate surface area is 201 Å². The van der Waals surface area contributed by atoms with Crippen LogP contribution in [0.3, 0.4) is 0 Å². The average molecular weight is 470 g/mol. The van der Waals surface area contributed by atoms with Gasteiger partial charge in [-0.1, -0.05) is 41.6 Å². The number of hydrogen-bond acceptors (Lipinski definition) is 8. The van der Waals surface area contributed by atoms with Gasteiger partial charge in [-0.25, -0.2) is 18.4 Å². The van der Waals surface area contributed by atoms with E-state index < -0.39 is 33.7 Å². The molecular weight excluding hydrogens is 438 g/mol. The molecular formula is C24H25N5O3S. The third-order valence-electron chi connectivity index (χ3n) is 4.96. The number of nitrogens with one attached hydrogen (secondary N) is 1. The maximum atomic E-state index is 12.9. The largest absolute Gasteiger partial charge is 0.382 e. The van der Waals surface area contributed by atoms with E-state index in [9.17, 15) is 8.42 Å². The second-order valence-corrected chi connectivity index (χ2v) is 9.28. The van der Waals surface area contributed by atoms with Crippen molar-refractivity contribution in [3.05, 3.63) is 66.4 Å². The summed E-state index contributed by atoms with van der Waals surface area (Å²) in [6, 6.07) is 14.5. The lowest BCUT2D eigenvalue weighted by molar-refractivity contribution is 0.434. The lowest BCUT2D eigenvalue weighted by atomic mass is 10.1. The quantitative estimate of drug-likeness (QED) is 0.417. The number of sulfone groups is 1. The first kappa shape index (κ1) is 16.1. The lowest BCUT2D eigenvalue weighted by Crippen LogP contribution is -2.13. The Hall–Kier alpha value is -3.56. The minimum atomic E-state index is -4.71. The van der Waals surface area contributed by atoms with Crippen molar-refractivity contribution < 1.29 is 21.2 Å². The topological polar surface area (TPSA) is 124 Å². The van der Waals surface area contributed by atoms with E-state index in [1.165, 1.54) is 18.3 Å². The molecule has 0 aliphatic carbocycles. The summed E-state index contributed by atoms with van der Waals surface area (Å²) in [6.07, 6.45) is 1.38. The van der Waals surface area contributed by atoms with Crippen LogP contribution in [0.15, 0.2) is 70.2 Å². The summed E-state index contributed by atoms with van der Waals surface area (Å²) in [5.41, 5.74) is 9.53. The SMILES string of the molecule is [2H]C([2H])([2H])C(C([2H])([2H])[2H])S(=O)(=O)c1ccc(-c2cnc(N)c(-c3cc(-c4ccc(CNC)cc4)no3)n2)cc1. The first-order chi connectivity index (χ1) is 18.2. The first-order valence-corrected chi connectivity index (χ1v) is 11.4. The molecule has 0 aliphatic heterocycles. The Kier molecular flexibility index (Phi) is 4.46. The smallest absolute Gasteiger partial charge is 0.189 e. The average Bonchev–Trinajstić information content (AvgIpc) is 3.33. The van der Waals surface area contributed by atoms with Crippen molar-refractivity contribution in [2.75, 3.05) is 12.8 Å². The summed E-state index contributed by atoms with van der Waals surface area (Å²) in [4.78, 5) is 8.23. The molecule has 0 bridgehead atoms. The van der Waals surface area contributed by atoms with Crippen molar-refractivity contribution in [2.24, 2.45) is 0 Å². The molecule has 4 aromatic rings. The number of rotatable bonds is 7. The van der Waals surface area contributed by atoms with Gasteiger partial charge in [0, 0.05) is 32.0 Å². The highest BCUT2D eigenvalue weighted by molar-refractivity contribution is 7.92. The summed E-state index contributed by atoms with van der Waals surface area (Å²) >= 11 is 0. The van der Waals surface area contributed by atoms with Crippen LogP contribution in [0.5, 0.6) is 0 Å². The summed E-state index contributed by atoms with van der Waals surface area (Å²) in [5, 5.41) is 4.62. The fraction of sp³-hybridized carbons (Fsp3) is 0.208. The van der Waals surface area contributed by atoms with Gasteiger partial charge in [-0.2, -0.15) is 0 Å². The van der Waals surface area contributed by atoms with Gasteiger partial charge in [0.25, 0.3) is 0 Å². The second-order valence-electron chi connectivity index (χ2n) is 7.24. The van der Waals surface area contributed by atoms with Gasteiger partial charge in [0.2, 0.25) is 0 Å². The Morgan fingerprint density at radius 3 is 2.39 bits per heavy atom. The van der Waals surface area contributed by atoms with Crippen LogP contribution >= 0.6 is 0 Å². The van der Waals surface area contributed by atoms with Crippen LogP contribution in [0.25, 0.3) is 34.0 Å². The molecule has 0 spiro atoms. The number of benzene rings is 2. The maximum Gasteiger partial charge on any atom is 0.189 e. The van der Waals surface area contributed by atoms with Gasteiger partial charge in [-0.15, -0.1) is 0 Å². The molecule has 170 valence electrons. The standard InChI is InChI=1S/C24H25N5O3S/c1-15(2)33(30,31)19-10-8-18(9-11-19)21-14-27-24(25)23(28-21)22-12-20(29-32-22)17-6-4-16(5-7-17)13-26-3/h4-12,14-15,26H,13H2,1-3H3,(H2,25,27)/i1D3,2D3. The summed E-state index contributed by atoms with van der Waals surface area (Å²) in [7, 11) is -2.85. The van der Waals surface area contributed by atoms with Crippen LogP contribution in [0, 0.1) is 0 Å². The van der Waals surface area contributed by atoms with Gasteiger partial charge >= 0.3 is 0 Å². The minimum Gasteiger partial charge on any atom is -0.382 e. The monoisotopic (exact) mass is 469 g/mol. The number of nitrogen functional groups attached to an aromatic ring is 1. The van der Waals surface area contributed by atoms with Crippen molar-refractivity contribution in [3.8, 4) is 34.0 Å². The van der Waals surface area contributed by atoms with Gasteiger partial charge in [0.1, 0.15) is 5.69 Å². The zero-order valence-electron chi connectivity index (χ0n) is 23.6. The molecule has 33 heavy (non-hydrogen) atoms. The Morgan fingerprint density at radius 1 is 1.06 bits per heavy atom. The van der Waals surface area contributed by atoms with Crippen LogP contribution in [0.1, 0.15) is 27.5 Å². The molecule has 4 rings (SSSR count). The molecule has 3 N–H and O–H groups in total. The predicted octanol–water partition coefficient (Wildman–Crippen LogP) is 3.95. The number of nitrogens with zero attached hydrogens (tertiary/aromatic N) is 3. The van der Waals surface area contributed by atoms with E-state index in [2.05, 4.69) is 20.4 Å². The molecule has 0 fully saturated rings. The molecule has 9 heteroatoms. The van der Waals surface area contributed by atoms with E-state index in [0.29, 0.717) is 17.0 Å². The molecule has 2 aromatic carbocycles. The number of anilines is 1. The normalized spacial score (nSPS) is 15.2.